The van der Waals surface area contributed by atoms with Crippen LogP contribution in [0, 0.1) is 5.82 Å². The molecule has 0 bridgehead atoms. The van der Waals surface area contributed by atoms with E-state index in [0.29, 0.717) is 12.6 Å². The van der Waals surface area contributed by atoms with Crippen LogP contribution in [-0.2, 0) is 6.54 Å². The molecule has 0 aromatic heterocycles. The highest BCUT2D eigenvalue weighted by molar-refractivity contribution is 9.10. The zero-order valence-electron chi connectivity index (χ0n) is 9.97. The highest BCUT2D eigenvalue weighted by atomic mass is 79.9. The molecule has 1 aromatic rings. The van der Waals surface area contributed by atoms with Gasteiger partial charge >= 0.3 is 0 Å². The summed E-state index contributed by atoms with van der Waals surface area (Å²) in [5.41, 5.74) is 0.961. The lowest BCUT2D eigenvalue weighted by atomic mass is 10.2. The van der Waals surface area contributed by atoms with Crippen LogP contribution in [0.2, 0.25) is 0 Å². The Morgan fingerprint density at radius 1 is 1.47 bits per heavy atom. The molecule has 0 spiro atoms. The highest BCUT2D eigenvalue weighted by Crippen LogP contribution is 2.19. The van der Waals surface area contributed by atoms with E-state index in [4.69, 9.17) is 0 Å². The van der Waals surface area contributed by atoms with E-state index in [2.05, 4.69) is 33.5 Å². The van der Waals surface area contributed by atoms with Gasteiger partial charge in [-0.25, -0.2) is 4.39 Å². The van der Waals surface area contributed by atoms with Crippen LogP contribution in [0.3, 0.4) is 0 Å². The second-order valence-corrected chi connectivity index (χ2v) is 5.55. The van der Waals surface area contributed by atoms with Crippen LogP contribution in [0.15, 0.2) is 22.7 Å². The van der Waals surface area contributed by atoms with Crippen LogP contribution < -0.4 is 10.6 Å². The molecule has 1 unspecified atom stereocenters. The summed E-state index contributed by atoms with van der Waals surface area (Å²) in [6.45, 7) is 3.80. The summed E-state index contributed by atoms with van der Waals surface area (Å²) in [6, 6.07) is 5.91. The lowest BCUT2D eigenvalue weighted by Gasteiger charge is -2.15. The van der Waals surface area contributed by atoms with E-state index < -0.39 is 0 Å². The molecule has 1 fully saturated rings. The van der Waals surface area contributed by atoms with Crippen molar-refractivity contribution in [3.63, 3.8) is 0 Å². The van der Waals surface area contributed by atoms with Gasteiger partial charge in [-0.1, -0.05) is 15.9 Å². The second kappa shape index (κ2) is 5.94. The molecule has 94 valence electrons. The molecule has 4 heteroatoms. The zero-order chi connectivity index (χ0) is 12.3. The van der Waals surface area contributed by atoms with Crippen LogP contribution in [-0.4, -0.2) is 18.6 Å². The minimum atomic E-state index is -0.186. The summed E-state index contributed by atoms with van der Waals surface area (Å²) >= 11 is 3.43. The first-order valence-electron chi connectivity index (χ1n) is 6.06. The normalized spacial score (nSPS) is 17.1. The van der Waals surface area contributed by atoms with Gasteiger partial charge in [-0.15, -0.1) is 0 Å². The van der Waals surface area contributed by atoms with Crippen LogP contribution in [0.4, 0.5) is 4.39 Å². The summed E-state index contributed by atoms with van der Waals surface area (Å²) in [7, 11) is 0. The maximum Gasteiger partial charge on any atom is 0.123 e. The molecule has 2 N–H and O–H groups in total. The smallest absolute Gasteiger partial charge is 0.123 e. The Morgan fingerprint density at radius 2 is 2.24 bits per heavy atom. The average Bonchev–Trinajstić information content (AvgIpc) is 3.11. The Balaban J connectivity index is 1.77. The maximum atomic E-state index is 13.1. The summed E-state index contributed by atoms with van der Waals surface area (Å²) in [4.78, 5) is 0. The van der Waals surface area contributed by atoms with Crippen molar-refractivity contribution in [2.45, 2.75) is 38.4 Å². The van der Waals surface area contributed by atoms with E-state index in [1.54, 1.807) is 12.1 Å². The topological polar surface area (TPSA) is 24.1 Å². The molecule has 1 aromatic carbocycles. The van der Waals surface area contributed by atoms with E-state index in [9.17, 15) is 4.39 Å². The van der Waals surface area contributed by atoms with Crippen LogP contribution in [0.1, 0.15) is 25.3 Å². The number of hydrogen-bond acceptors (Lipinski definition) is 2. The third-order valence-corrected chi connectivity index (χ3v) is 3.71. The largest absolute Gasteiger partial charge is 0.312 e. The molecule has 0 aliphatic heterocycles. The van der Waals surface area contributed by atoms with Crippen molar-refractivity contribution in [2.24, 2.45) is 0 Å². The van der Waals surface area contributed by atoms with Crippen molar-refractivity contribution in [2.75, 3.05) is 6.54 Å². The zero-order valence-corrected chi connectivity index (χ0v) is 11.6. The molecule has 1 aliphatic rings. The molecule has 0 amide bonds. The summed E-state index contributed by atoms with van der Waals surface area (Å²) in [5.74, 6) is -0.186. The summed E-state index contributed by atoms with van der Waals surface area (Å²) < 4.78 is 14.0. The monoisotopic (exact) mass is 300 g/mol. The summed E-state index contributed by atoms with van der Waals surface area (Å²) in [5, 5.41) is 6.86. The summed E-state index contributed by atoms with van der Waals surface area (Å²) in [6.07, 6.45) is 2.62. The molecule has 1 aliphatic carbocycles. The van der Waals surface area contributed by atoms with Crippen molar-refractivity contribution < 1.29 is 4.39 Å². The minimum absolute atomic E-state index is 0.186. The third kappa shape index (κ3) is 4.37. The van der Waals surface area contributed by atoms with Gasteiger partial charge in [-0.05, 0) is 43.5 Å². The van der Waals surface area contributed by atoms with Crippen LogP contribution >= 0.6 is 15.9 Å². The SMILES string of the molecule is CC(CNC1CC1)NCc1cc(F)ccc1Br. The van der Waals surface area contributed by atoms with Crippen LogP contribution in [0.5, 0.6) is 0 Å². The maximum absolute atomic E-state index is 13.1. The first kappa shape index (κ1) is 13.0. The Kier molecular flexibility index (Phi) is 4.54. The van der Waals surface area contributed by atoms with Gasteiger partial charge in [0.2, 0.25) is 0 Å². The molecule has 0 radical (unpaired) electrons. The van der Waals surface area contributed by atoms with Crippen molar-refractivity contribution in [3.05, 3.63) is 34.1 Å². The molecular weight excluding hydrogens is 283 g/mol. The van der Waals surface area contributed by atoms with E-state index in [1.807, 2.05) is 0 Å². The Labute approximate surface area is 110 Å². The predicted octanol–water partition coefficient (Wildman–Crippen LogP) is 2.82. The van der Waals surface area contributed by atoms with E-state index in [0.717, 1.165) is 22.6 Å². The van der Waals surface area contributed by atoms with Gasteiger partial charge in [0, 0.05) is 29.6 Å². The molecule has 1 atom stereocenters. The lowest BCUT2D eigenvalue weighted by Crippen LogP contribution is -2.36. The number of halogens is 2. The Morgan fingerprint density at radius 3 is 2.94 bits per heavy atom. The van der Waals surface area contributed by atoms with E-state index in [-0.39, 0.29) is 5.82 Å². The quantitative estimate of drug-likeness (QED) is 0.844. The molecule has 2 nitrogen and oxygen atoms in total. The fourth-order valence-corrected chi connectivity index (χ4v) is 2.05. The standard InChI is InChI=1S/C13H18BrFN2/c1-9(7-17-12-3-4-12)16-8-10-6-11(15)2-5-13(10)14/h2,5-6,9,12,16-17H,3-4,7-8H2,1H3. The third-order valence-electron chi connectivity index (χ3n) is 2.94. The van der Waals surface area contributed by atoms with Crippen LogP contribution in [0.25, 0.3) is 0 Å². The molecule has 17 heavy (non-hydrogen) atoms. The molecule has 0 saturated heterocycles. The molecule has 1 saturated carbocycles. The van der Waals surface area contributed by atoms with Crippen molar-refractivity contribution in [1.82, 2.24) is 10.6 Å². The highest BCUT2D eigenvalue weighted by Gasteiger charge is 2.20. The molecule has 0 heterocycles. The average molecular weight is 301 g/mol. The van der Waals surface area contributed by atoms with Gasteiger partial charge in [-0.3, -0.25) is 0 Å². The van der Waals surface area contributed by atoms with E-state index >= 15 is 0 Å². The molecular formula is C13H18BrFN2. The predicted molar refractivity (Wildman–Crippen MR) is 71.4 cm³/mol. The van der Waals surface area contributed by atoms with Crippen molar-refractivity contribution >= 4 is 15.9 Å². The Bertz CT molecular complexity index is 380. The van der Waals surface area contributed by atoms with Gasteiger partial charge in [0.1, 0.15) is 5.82 Å². The van der Waals surface area contributed by atoms with Crippen molar-refractivity contribution in [1.29, 1.82) is 0 Å². The van der Waals surface area contributed by atoms with Gasteiger partial charge < -0.3 is 10.6 Å². The number of benzene rings is 1. The fourth-order valence-electron chi connectivity index (χ4n) is 1.67. The fraction of sp³-hybridized carbons (Fsp3) is 0.538. The second-order valence-electron chi connectivity index (χ2n) is 4.70. The first-order chi connectivity index (χ1) is 8.15. The van der Waals surface area contributed by atoms with Gasteiger partial charge in [0.05, 0.1) is 0 Å². The van der Waals surface area contributed by atoms with Crippen molar-refractivity contribution in [3.8, 4) is 0 Å². The lowest BCUT2D eigenvalue weighted by molar-refractivity contribution is 0.498. The van der Waals surface area contributed by atoms with E-state index in [1.165, 1.54) is 18.9 Å². The first-order valence-corrected chi connectivity index (χ1v) is 6.85. The number of hydrogen-bond donors (Lipinski definition) is 2. The minimum Gasteiger partial charge on any atom is -0.312 e. The number of rotatable bonds is 6. The van der Waals surface area contributed by atoms with Gasteiger partial charge in [0.25, 0.3) is 0 Å². The van der Waals surface area contributed by atoms with Gasteiger partial charge in [0.15, 0.2) is 0 Å². The molecule has 2 rings (SSSR count). The van der Waals surface area contributed by atoms with Gasteiger partial charge in [-0.2, -0.15) is 0 Å². The Hall–Kier alpha value is -0.450. The number of nitrogens with one attached hydrogen (secondary N) is 2.